The summed E-state index contributed by atoms with van der Waals surface area (Å²) in [5, 5.41) is 5.62. The summed E-state index contributed by atoms with van der Waals surface area (Å²) >= 11 is 12.1. The molecule has 0 amide bonds. The fourth-order valence-electron chi connectivity index (χ4n) is 2.53. The predicted octanol–water partition coefficient (Wildman–Crippen LogP) is 3.10. The normalized spacial score (nSPS) is 14.2. The van der Waals surface area contributed by atoms with Crippen molar-refractivity contribution < 1.29 is 14.3 Å². The molecule has 0 unspecified atom stereocenters. The molecule has 0 aliphatic carbocycles. The van der Waals surface area contributed by atoms with Crippen LogP contribution in [-0.4, -0.2) is 29.3 Å². The van der Waals surface area contributed by atoms with Gasteiger partial charge in [0.15, 0.2) is 5.78 Å². The predicted molar refractivity (Wildman–Crippen MR) is 82.5 cm³/mol. The molecule has 0 N–H and O–H groups in total. The molecule has 3 rings (SSSR count). The summed E-state index contributed by atoms with van der Waals surface area (Å²) in [5.74, 6) is -0.0660. The van der Waals surface area contributed by atoms with Crippen LogP contribution in [0.15, 0.2) is 18.2 Å². The van der Waals surface area contributed by atoms with E-state index in [9.17, 15) is 4.79 Å². The summed E-state index contributed by atoms with van der Waals surface area (Å²) < 4.78 is 12.1. The van der Waals surface area contributed by atoms with Gasteiger partial charge in [-0.1, -0.05) is 29.3 Å². The molecule has 0 spiro atoms. The second kappa shape index (κ2) is 6.38. The molecular weight excluding hydrogens is 327 g/mol. The van der Waals surface area contributed by atoms with Crippen molar-refractivity contribution in [2.45, 2.75) is 19.8 Å². The molecule has 22 heavy (non-hydrogen) atoms. The van der Waals surface area contributed by atoms with Crippen LogP contribution >= 0.6 is 23.2 Å². The summed E-state index contributed by atoms with van der Waals surface area (Å²) in [7, 11) is 1.58. The van der Waals surface area contributed by atoms with E-state index in [-0.39, 0.29) is 19.1 Å². The zero-order valence-electron chi connectivity index (χ0n) is 11.9. The van der Waals surface area contributed by atoms with Gasteiger partial charge in [0.2, 0.25) is 0 Å². The first-order chi connectivity index (χ1) is 10.6. The van der Waals surface area contributed by atoms with Gasteiger partial charge in [-0.2, -0.15) is 5.10 Å². The minimum absolute atomic E-state index is 0.0660. The van der Waals surface area contributed by atoms with Gasteiger partial charge >= 0.3 is 0 Å². The van der Waals surface area contributed by atoms with Crippen molar-refractivity contribution in [3.05, 3.63) is 50.8 Å². The Morgan fingerprint density at radius 2 is 2.18 bits per heavy atom. The number of hydrogen-bond donors (Lipinski definition) is 0. The number of fused-ring (bicyclic) bond motifs is 1. The number of methoxy groups -OCH3 is 1. The summed E-state index contributed by atoms with van der Waals surface area (Å²) in [6.07, 6.45) is 0.459. The third-order valence-corrected chi connectivity index (χ3v) is 4.09. The molecule has 5 nitrogen and oxygen atoms in total. The van der Waals surface area contributed by atoms with E-state index >= 15 is 0 Å². The zero-order chi connectivity index (χ0) is 15.7. The Kier molecular flexibility index (Phi) is 4.49. The first-order valence-electron chi connectivity index (χ1n) is 6.72. The molecular formula is C15H14Cl2N2O3. The molecule has 2 aromatic rings. The highest BCUT2D eigenvalue weighted by Gasteiger charge is 2.27. The van der Waals surface area contributed by atoms with E-state index in [4.69, 9.17) is 32.7 Å². The Morgan fingerprint density at radius 3 is 2.91 bits per heavy atom. The number of ether oxygens (including phenoxy) is 2. The van der Waals surface area contributed by atoms with Crippen LogP contribution in [0.25, 0.3) is 0 Å². The third-order valence-electron chi connectivity index (χ3n) is 3.51. The quantitative estimate of drug-likeness (QED) is 0.858. The van der Waals surface area contributed by atoms with Crippen LogP contribution in [0.3, 0.4) is 0 Å². The second-order valence-corrected chi connectivity index (χ2v) is 5.86. The third kappa shape index (κ3) is 2.90. The number of halogens is 2. The number of carbonyl (C=O) groups excluding carboxylic acids is 1. The summed E-state index contributed by atoms with van der Waals surface area (Å²) in [6, 6.07) is 5.30. The number of benzene rings is 1. The van der Waals surface area contributed by atoms with Crippen molar-refractivity contribution in [2.24, 2.45) is 0 Å². The standard InChI is InChI=1S/C15H14Cl2N2O3/c1-21-8-19-13-6-22-7-14(20)15(13)12(18-19)4-9-2-3-10(16)5-11(9)17/h2-3,5H,4,6-8H2,1H3. The minimum atomic E-state index is -0.0660. The van der Waals surface area contributed by atoms with Crippen molar-refractivity contribution >= 4 is 29.0 Å². The fourth-order valence-corrected chi connectivity index (χ4v) is 3.01. The SMILES string of the molecule is COCn1nc(Cc2ccc(Cl)cc2Cl)c2c1COCC2=O. The molecule has 7 heteroatoms. The average Bonchev–Trinajstić information content (AvgIpc) is 2.82. The van der Waals surface area contributed by atoms with Crippen molar-refractivity contribution in [2.75, 3.05) is 13.7 Å². The summed E-state index contributed by atoms with van der Waals surface area (Å²) in [6.45, 7) is 0.701. The number of hydrogen-bond acceptors (Lipinski definition) is 4. The maximum atomic E-state index is 12.2. The molecule has 0 radical (unpaired) electrons. The first kappa shape index (κ1) is 15.5. The number of Topliss-reactive ketones (excluding diaryl/α,β-unsaturated/α-hetero) is 1. The van der Waals surface area contributed by atoms with Gasteiger partial charge in [0.05, 0.1) is 23.6 Å². The van der Waals surface area contributed by atoms with Crippen LogP contribution in [0, 0.1) is 0 Å². The van der Waals surface area contributed by atoms with E-state index in [1.54, 1.807) is 23.9 Å². The molecule has 0 fully saturated rings. The van der Waals surface area contributed by atoms with Crippen LogP contribution in [0.4, 0.5) is 0 Å². The Balaban J connectivity index is 2.01. The zero-order valence-corrected chi connectivity index (χ0v) is 13.4. The largest absolute Gasteiger partial charge is 0.367 e. The highest BCUT2D eigenvalue weighted by molar-refractivity contribution is 6.35. The maximum Gasteiger partial charge on any atom is 0.192 e. The second-order valence-electron chi connectivity index (χ2n) is 5.01. The lowest BCUT2D eigenvalue weighted by Gasteiger charge is -2.14. The van der Waals surface area contributed by atoms with Gasteiger partial charge < -0.3 is 9.47 Å². The van der Waals surface area contributed by atoms with Crippen molar-refractivity contribution in [3.8, 4) is 0 Å². The number of rotatable bonds is 4. The molecule has 0 saturated carbocycles. The topological polar surface area (TPSA) is 53.4 Å². The Hall–Kier alpha value is -1.40. The van der Waals surface area contributed by atoms with E-state index < -0.39 is 0 Å². The van der Waals surface area contributed by atoms with E-state index in [0.29, 0.717) is 34.3 Å². The highest BCUT2D eigenvalue weighted by atomic mass is 35.5. The van der Waals surface area contributed by atoms with E-state index in [1.807, 2.05) is 6.07 Å². The molecule has 1 aromatic carbocycles. The van der Waals surface area contributed by atoms with Crippen LogP contribution in [0.5, 0.6) is 0 Å². The summed E-state index contributed by atoms with van der Waals surface area (Å²) in [5.41, 5.74) is 2.92. The molecule has 1 aliphatic heterocycles. The Labute approximate surface area is 137 Å². The average molecular weight is 341 g/mol. The lowest BCUT2D eigenvalue weighted by atomic mass is 10.0. The lowest BCUT2D eigenvalue weighted by molar-refractivity contribution is 0.0601. The van der Waals surface area contributed by atoms with Crippen molar-refractivity contribution in [3.63, 3.8) is 0 Å². The van der Waals surface area contributed by atoms with E-state index in [0.717, 1.165) is 11.3 Å². The van der Waals surface area contributed by atoms with Gasteiger partial charge in [0.25, 0.3) is 0 Å². The lowest BCUT2D eigenvalue weighted by Crippen LogP contribution is -2.20. The number of nitrogens with zero attached hydrogens (tertiary/aromatic N) is 2. The van der Waals surface area contributed by atoms with E-state index in [2.05, 4.69) is 5.10 Å². The van der Waals surface area contributed by atoms with Gasteiger partial charge in [-0.15, -0.1) is 0 Å². The van der Waals surface area contributed by atoms with Crippen LogP contribution < -0.4 is 0 Å². The highest BCUT2D eigenvalue weighted by Crippen LogP contribution is 2.27. The smallest absolute Gasteiger partial charge is 0.192 e. The first-order valence-corrected chi connectivity index (χ1v) is 7.48. The van der Waals surface area contributed by atoms with Gasteiger partial charge in [-0.3, -0.25) is 4.79 Å². The van der Waals surface area contributed by atoms with Crippen molar-refractivity contribution in [1.82, 2.24) is 9.78 Å². The minimum Gasteiger partial charge on any atom is -0.367 e. The molecule has 2 heterocycles. The maximum absolute atomic E-state index is 12.2. The fraction of sp³-hybridized carbons (Fsp3) is 0.333. The van der Waals surface area contributed by atoms with Gasteiger partial charge in [-0.05, 0) is 17.7 Å². The van der Waals surface area contributed by atoms with Crippen LogP contribution in [0.1, 0.15) is 27.3 Å². The monoisotopic (exact) mass is 340 g/mol. The van der Waals surface area contributed by atoms with E-state index in [1.165, 1.54) is 0 Å². The number of ketones is 1. The Bertz CT molecular complexity index is 728. The molecule has 1 aliphatic rings. The molecule has 0 saturated heterocycles. The number of aromatic nitrogens is 2. The van der Waals surface area contributed by atoms with Crippen LogP contribution in [0.2, 0.25) is 10.0 Å². The van der Waals surface area contributed by atoms with Gasteiger partial charge in [-0.25, -0.2) is 4.68 Å². The Morgan fingerprint density at radius 1 is 1.36 bits per heavy atom. The molecule has 0 bridgehead atoms. The van der Waals surface area contributed by atoms with Gasteiger partial charge in [0.1, 0.15) is 13.3 Å². The summed E-state index contributed by atoms with van der Waals surface area (Å²) in [4.78, 5) is 12.2. The number of carbonyl (C=O) groups is 1. The van der Waals surface area contributed by atoms with Gasteiger partial charge in [0, 0.05) is 23.6 Å². The van der Waals surface area contributed by atoms with Crippen molar-refractivity contribution in [1.29, 1.82) is 0 Å². The van der Waals surface area contributed by atoms with Crippen LogP contribution in [-0.2, 0) is 29.2 Å². The molecule has 116 valence electrons. The molecule has 1 aromatic heterocycles. The molecule has 0 atom stereocenters.